The number of carboxylic acids is 1. The van der Waals surface area contributed by atoms with E-state index < -0.39 is 35.7 Å². The van der Waals surface area contributed by atoms with E-state index in [9.17, 15) is 23.5 Å². The number of rotatable bonds is 12. The van der Waals surface area contributed by atoms with Crippen LogP contribution in [0.3, 0.4) is 0 Å². The standard InChI is InChI=1S/C27H34F2N2O4/c1-2-17-9-10-19-5-3-6-23(22(19)13-17)30-16-25(32)24(31-26(33)7-4-8-27(34)35)14-18-11-20(28)15-21(29)12-18/h9-13,15,23-25,30,32H,2-8,14,16H2,1H3,(H,31,33)(H,34,35)/t23-,24-,25-/m0/s1. The summed E-state index contributed by atoms with van der Waals surface area (Å²) in [6.45, 7) is 2.29. The van der Waals surface area contributed by atoms with Crippen LogP contribution in [-0.4, -0.2) is 40.8 Å². The van der Waals surface area contributed by atoms with Crippen LogP contribution >= 0.6 is 0 Å². The number of amides is 1. The van der Waals surface area contributed by atoms with Crippen LogP contribution in [0.5, 0.6) is 0 Å². The first kappa shape index (κ1) is 26.8. The quantitative estimate of drug-likeness (QED) is 0.364. The zero-order chi connectivity index (χ0) is 25.4. The lowest BCUT2D eigenvalue weighted by Gasteiger charge is -2.30. The molecule has 1 aliphatic carbocycles. The van der Waals surface area contributed by atoms with Gasteiger partial charge in [-0.25, -0.2) is 8.78 Å². The number of carbonyl (C=O) groups is 2. The number of aliphatic carboxylic acids is 1. The van der Waals surface area contributed by atoms with Crippen LogP contribution in [0.25, 0.3) is 0 Å². The maximum Gasteiger partial charge on any atom is 0.303 e. The molecule has 2 aromatic rings. The second kappa shape index (κ2) is 12.7. The summed E-state index contributed by atoms with van der Waals surface area (Å²) in [5, 5.41) is 25.9. The summed E-state index contributed by atoms with van der Waals surface area (Å²) in [7, 11) is 0. The van der Waals surface area contributed by atoms with Crippen LogP contribution < -0.4 is 10.6 Å². The van der Waals surface area contributed by atoms with E-state index in [4.69, 9.17) is 5.11 Å². The molecule has 6 nitrogen and oxygen atoms in total. The number of halogens is 2. The van der Waals surface area contributed by atoms with Gasteiger partial charge in [-0.2, -0.15) is 0 Å². The van der Waals surface area contributed by atoms with Crippen LogP contribution in [0, 0.1) is 11.6 Å². The number of nitrogens with one attached hydrogen (secondary N) is 2. The van der Waals surface area contributed by atoms with Gasteiger partial charge >= 0.3 is 5.97 Å². The molecule has 0 bridgehead atoms. The van der Waals surface area contributed by atoms with Crippen molar-refractivity contribution in [2.45, 2.75) is 76.5 Å². The number of fused-ring (bicyclic) bond motifs is 1. The van der Waals surface area contributed by atoms with E-state index in [0.717, 1.165) is 31.7 Å². The van der Waals surface area contributed by atoms with Crippen LogP contribution in [-0.2, 0) is 28.9 Å². The Bertz CT molecular complexity index is 1010. The van der Waals surface area contributed by atoms with Gasteiger partial charge in [-0.3, -0.25) is 9.59 Å². The molecule has 190 valence electrons. The molecule has 1 amide bonds. The van der Waals surface area contributed by atoms with Gasteiger partial charge in [0.1, 0.15) is 11.6 Å². The summed E-state index contributed by atoms with van der Waals surface area (Å²) in [5.41, 5.74) is 4.08. The largest absolute Gasteiger partial charge is 0.481 e. The normalized spacial score (nSPS) is 16.9. The summed E-state index contributed by atoms with van der Waals surface area (Å²) in [4.78, 5) is 23.1. The zero-order valence-corrected chi connectivity index (χ0v) is 20.0. The Morgan fingerprint density at radius 3 is 2.51 bits per heavy atom. The molecule has 0 fully saturated rings. The third-order valence-electron chi connectivity index (χ3n) is 6.49. The summed E-state index contributed by atoms with van der Waals surface area (Å²) >= 11 is 0. The second-order valence-electron chi connectivity index (χ2n) is 9.21. The third-order valence-corrected chi connectivity index (χ3v) is 6.49. The van der Waals surface area contributed by atoms with Crippen LogP contribution in [0.1, 0.15) is 67.3 Å². The molecule has 1 aliphatic rings. The zero-order valence-electron chi connectivity index (χ0n) is 20.0. The molecule has 0 radical (unpaired) electrons. The average molecular weight is 489 g/mol. The number of hydrogen-bond acceptors (Lipinski definition) is 4. The number of carbonyl (C=O) groups excluding carboxylic acids is 1. The van der Waals surface area contributed by atoms with E-state index in [1.807, 2.05) is 0 Å². The molecule has 0 aliphatic heterocycles. The van der Waals surface area contributed by atoms with Crippen molar-refractivity contribution < 1.29 is 28.6 Å². The SMILES string of the molecule is CCc1ccc2c(c1)[C@@H](NC[C@H](O)[C@H](Cc1cc(F)cc(F)c1)NC(=O)CCCC(=O)O)CCC2. The summed E-state index contributed by atoms with van der Waals surface area (Å²) < 4.78 is 27.4. The monoisotopic (exact) mass is 488 g/mol. The van der Waals surface area contributed by atoms with E-state index >= 15 is 0 Å². The number of benzene rings is 2. The fraction of sp³-hybridized carbons (Fsp3) is 0.481. The Balaban J connectivity index is 1.69. The lowest BCUT2D eigenvalue weighted by atomic mass is 9.86. The van der Waals surface area contributed by atoms with Gasteiger partial charge in [0.05, 0.1) is 12.1 Å². The molecule has 8 heteroatoms. The van der Waals surface area contributed by atoms with Crippen molar-refractivity contribution >= 4 is 11.9 Å². The number of aliphatic hydroxyl groups is 1. The summed E-state index contributed by atoms with van der Waals surface area (Å²) in [6.07, 6.45) is 2.91. The predicted octanol–water partition coefficient (Wildman–Crippen LogP) is 3.84. The summed E-state index contributed by atoms with van der Waals surface area (Å²) in [6, 6.07) is 8.90. The Morgan fingerprint density at radius 2 is 1.83 bits per heavy atom. The average Bonchev–Trinajstić information content (AvgIpc) is 2.80. The molecule has 0 heterocycles. The van der Waals surface area contributed by atoms with Crippen molar-refractivity contribution in [3.8, 4) is 0 Å². The molecular formula is C27H34F2N2O4. The van der Waals surface area contributed by atoms with Crippen molar-refractivity contribution in [1.29, 1.82) is 0 Å². The molecule has 0 aromatic heterocycles. The number of aliphatic hydroxyl groups excluding tert-OH is 1. The highest BCUT2D eigenvalue weighted by Gasteiger charge is 2.26. The van der Waals surface area contributed by atoms with Gasteiger partial charge in [-0.05, 0) is 72.9 Å². The first-order valence-electron chi connectivity index (χ1n) is 12.2. The van der Waals surface area contributed by atoms with Crippen molar-refractivity contribution in [2.24, 2.45) is 0 Å². The minimum Gasteiger partial charge on any atom is -0.481 e. The maximum absolute atomic E-state index is 13.7. The molecule has 0 saturated heterocycles. The molecule has 3 rings (SSSR count). The maximum atomic E-state index is 13.7. The third kappa shape index (κ3) is 8.11. The van der Waals surface area contributed by atoms with Crippen molar-refractivity contribution in [3.63, 3.8) is 0 Å². The molecule has 0 saturated carbocycles. The summed E-state index contributed by atoms with van der Waals surface area (Å²) in [5.74, 6) is -2.87. The fourth-order valence-corrected chi connectivity index (χ4v) is 4.63. The molecular weight excluding hydrogens is 454 g/mol. The minimum absolute atomic E-state index is 0.0176. The van der Waals surface area contributed by atoms with Crippen LogP contribution in [0.2, 0.25) is 0 Å². The molecule has 4 N–H and O–H groups in total. The lowest BCUT2D eigenvalue weighted by molar-refractivity contribution is -0.137. The topological polar surface area (TPSA) is 98.7 Å². The number of carboxylic acid groups (broad SMARTS) is 1. The van der Waals surface area contributed by atoms with Gasteiger partial charge < -0.3 is 20.8 Å². The van der Waals surface area contributed by atoms with Gasteiger partial charge in [0, 0.05) is 31.5 Å². The van der Waals surface area contributed by atoms with E-state index in [1.165, 1.54) is 28.8 Å². The van der Waals surface area contributed by atoms with E-state index in [-0.39, 0.29) is 38.3 Å². The Hall–Kier alpha value is -2.84. The number of hydrogen-bond donors (Lipinski definition) is 4. The Kier molecular flexibility index (Phi) is 9.74. The van der Waals surface area contributed by atoms with E-state index in [1.54, 1.807) is 0 Å². The second-order valence-corrected chi connectivity index (χ2v) is 9.21. The lowest BCUT2D eigenvalue weighted by Crippen LogP contribution is -2.49. The highest BCUT2D eigenvalue weighted by Crippen LogP contribution is 2.30. The van der Waals surface area contributed by atoms with Gasteiger partial charge in [0.15, 0.2) is 0 Å². The van der Waals surface area contributed by atoms with E-state index in [2.05, 4.69) is 35.8 Å². The fourth-order valence-electron chi connectivity index (χ4n) is 4.63. The van der Waals surface area contributed by atoms with Gasteiger partial charge in [0.2, 0.25) is 5.91 Å². The predicted molar refractivity (Wildman–Crippen MR) is 129 cm³/mol. The van der Waals surface area contributed by atoms with Crippen molar-refractivity contribution in [3.05, 3.63) is 70.3 Å². The van der Waals surface area contributed by atoms with Crippen molar-refractivity contribution in [2.75, 3.05) is 6.54 Å². The first-order valence-corrected chi connectivity index (χ1v) is 12.2. The van der Waals surface area contributed by atoms with Crippen LogP contribution in [0.15, 0.2) is 36.4 Å². The molecule has 3 atom stereocenters. The Morgan fingerprint density at radius 1 is 1.09 bits per heavy atom. The molecule has 35 heavy (non-hydrogen) atoms. The number of aryl methyl sites for hydroxylation is 2. The highest BCUT2D eigenvalue weighted by atomic mass is 19.1. The van der Waals surface area contributed by atoms with Gasteiger partial charge in [-0.1, -0.05) is 25.1 Å². The van der Waals surface area contributed by atoms with Gasteiger partial charge in [0.25, 0.3) is 0 Å². The van der Waals surface area contributed by atoms with Crippen LogP contribution in [0.4, 0.5) is 8.78 Å². The molecule has 0 unspecified atom stereocenters. The molecule has 0 spiro atoms. The smallest absolute Gasteiger partial charge is 0.303 e. The Labute approximate surface area is 204 Å². The minimum atomic E-state index is -1.02. The van der Waals surface area contributed by atoms with Crippen molar-refractivity contribution in [1.82, 2.24) is 10.6 Å². The highest BCUT2D eigenvalue weighted by molar-refractivity contribution is 5.77. The first-order chi connectivity index (χ1) is 16.7. The molecule has 2 aromatic carbocycles. The van der Waals surface area contributed by atoms with Gasteiger partial charge in [-0.15, -0.1) is 0 Å². The van der Waals surface area contributed by atoms with E-state index in [0.29, 0.717) is 5.56 Å².